The monoisotopic (exact) mass is 525 g/mol. The number of para-hydroxylation sites is 1. The van der Waals surface area contributed by atoms with Crippen molar-refractivity contribution < 1.29 is 9.53 Å². The number of guanidine groups is 1. The Bertz CT molecular complexity index is 854. The minimum Gasteiger partial charge on any atom is -0.368 e. The van der Waals surface area contributed by atoms with Crippen LogP contribution in [0, 0.1) is 0 Å². The van der Waals surface area contributed by atoms with E-state index >= 15 is 0 Å². The summed E-state index contributed by atoms with van der Waals surface area (Å²) in [6, 6.07) is 8.38. The van der Waals surface area contributed by atoms with Gasteiger partial charge in [0.2, 0.25) is 0 Å². The van der Waals surface area contributed by atoms with Crippen LogP contribution in [-0.4, -0.2) is 78.6 Å². The largest absolute Gasteiger partial charge is 0.368 e. The molecule has 0 aliphatic carbocycles. The van der Waals surface area contributed by atoms with E-state index in [4.69, 9.17) is 9.73 Å². The van der Waals surface area contributed by atoms with E-state index in [2.05, 4.69) is 46.5 Å². The number of aromatic amines is 1. The fraction of sp³-hybridized carbons (Fsp3) is 0.545. The number of nitrogens with one attached hydrogen (secondary N) is 2. The van der Waals surface area contributed by atoms with Crippen molar-refractivity contribution in [2.75, 3.05) is 45.9 Å². The molecular weight excluding hydrogens is 493 g/mol. The van der Waals surface area contributed by atoms with Crippen LogP contribution in [0.3, 0.4) is 0 Å². The molecule has 0 bridgehead atoms. The Labute approximate surface area is 195 Å². The highest BCUT2D eigenvalue weighted by Gasteiger charge is 2.30. The molecule has 2 saturated heterocycles. The summed E-state index contributed by atoms with van der Waals surface area (Å²) >= 11 is 0. The van der Waals surface area contributed by atoms with Crippen LogP contribution in [0.25, 0.3) is 10.9 Å². The first kappa shape index (κ1) is 22.9. The third kappa shape index (κ3) is 5.26. The number of nitrogens with zero attached hydrogens (tertiary/aromatic N) is 3. The lowest BCUT2D eigenvalue weighted by molar-refractivity contribution is -0.142. The van der Waals surface area contributed by atoms with E-state index in [-0.39, 0.29) is 36.0 Å². The van der Waals surface area contributed by atoms with E-state index in [0.29, 0.717) is 6.61 Å². The predicted octanol–water partition coefficient (Wildman–Crippen LogP) is 2.62. The number of rotatable bonds is 5. The maximum absolute atomic E-state index is 12.5. The number of ether oxygens (including phenoxy) is 1. The molecule has 2 N–H and O–H groups in total. The predicted molar refractivity (Wildman–Crippen MR) is 131 cm³/mol. The summed E-state index contributed by atoms with van der Waals surface area (Å²) in [4.78, 5) is 24.9. The van der Waals surface area contributed by atoms with E-state index in [9.17, 15) is 4.79 Å². The molecule has 7 nitrogen and oxygen atoms in total. The number of benzene rings is 1. The molecule has 1 unspecified atom stereocenters. The molecule has 8 heteroatoms. The highest BCUT2D eigenvalue weighted by Crippen LogP contribution is 2.18. The van der Waals surface area contributed by atoms with Gasteiger partial charge in [0.25, 0.3) is 5.91 Å². The van der Waals surface area contributed by atoms with Crippen LogP contribution in [0.15, 0.2) is 35.5 Å². The Kier molecular flexibility index (Phi) is 8.38. The van der Waals surface area contributed by atoms with Gasteiger partial charge >= 0.3 is 0 Å². The van der Waals surface area contributed by atoms with Crippen LogP contribution in [0.5, 0.6) is 0 Å². The van der Waals surface area contributed by atoms with Gasteiger partial charge in [0.05, 0.1) is 0 Å². The number of hydrogen-bond acceptors (Lipinski definition) is 3. The van der Waals surface area contributed by atoms with E-state index in [0.717, 1.165) is 64.5 Å². The Morgan fingerprint density at radius 1 is 1.23 bits per heavy atom. The zero-order valence-electron chi connectivity index (χ0n) is 17.6. The maximum atomic E-state index is 12.5. The first-order valence-corrected chi connectivity index (χ1v) is 10.7. The average Bonchev–Trinajstić information content (AvgIpc) is 3.43. The quantitative estimate of drug-likeness (QED) is 0.358. The van der Waals surface area contributed by atoms with Gasteiger partial charge < -0.3 is 24.8 Å². The van der Waals surface area contributed by atoms with E-state index in [1.54, 1.807) is 0 Å². The summed E-state index contributed by atoms with van der Waals surface area (Å²) in [5.74, 6) is 1.10. The molecule has 2 fully saturated rings. The molecule has 1 aromatic heterocycles. The van der Waals surface area contributed by atoms with Crippen molar-refractivity contribution in [1.82, 2.24) is 20.1 Å². The Morgan fingerprint density at radius 2 is 2.00 bits per heavy atom. The standard InChI is InChI=1S/C22H31N5O2.HI/c1-2-23-22(24-10-9-17-16-25-19-7-4-3-6-18(17)19)27-13-11-26(12-14-27)21(28)20-8-5-15-29-20;/h3-4,6-7,16,20,25H,2,5,8-15H2,1H3,(H,23,24);1H. The number of carbonyl (C=O) groups excluding carboxylic acids is 1. The molecule has 30 heavy (non-hydrogen) atoms. The van der Waals surface area contributed by atoms with E-state index in [1.807, 2.05) is 11.0 Å². The molecule has 2 aromatic rings. The van der Waals surface area contributed by atoms with Crippen molar-refractivity contribution in [3.63, 3.8) is 0 Å². The van der Waals surface area contributed by atoms with Gasteiger partial charge in [0.15, 0.2) is 5.96 Å². The smallest absolute Gasteiger partial charge is 0.251 e. The number of hydrogen-bond donors (Lipinski definition) is 2. The van der Waals surface area contributed by atoms with Gasteiger partial charge in [-0.3, -0.25) is 9.79 Å². The SMILES string of the molecule is CCNC(=NCCc1c[nH]c2ccccc12)N1CCN(C(=O)C2CCCO2)CC1.I. The summed E-state index contributed by atoms with van der Waals surface area (Å²) in [5.41, 5.74) is 2.47. The van der Waals surface area contributed by atoms with Crippen LogP contribution in [0.1, 0.15) is 25.3 Å². The molecule has 4 rings (SSSR count). The molecule has 0 radical (unpaired) electrons. The van der Waals surface area contributed by atoms with Crippen molar-refractivity contribution in [2.24, 2.45) is 4.99 Å². The van der Waals surface area contributed by atoms with Gasteiger partial charge in [0.1, 0.15) is 6.10 Å². The second kappa shape index (κ2) is 11.0. The lowest BCUT2D eigenvalue weighted by Crippen LogP contribution is -2.55. The van der Waals surface area contributed by atoms with Crippen LogP contribution in [0.2, 0.25) is 0 Å². The van der Waals surface area contributed by atoms with Crippen molar-refractivity contribution in [3.8, 4) is 0 Å². The minimum atomic E-state index is -0.223. The molecule has 1 atom stereocenters. The first-order chi connectivity index (χ1) is 14.3. The Morgan fingerprint density at radius 3 is 2.73 bits per heavy atom. The number of piperazine rings is 1. The maximum Gasteiger partial charge on any atom is 0.251 e. The molecule has 1 aromatic carbocycles. The van der Waals surface area contributed by atoms with Crippen LogP contribution < -0.4 is 5.32 Å². The van der Waals surface area contributed by atoms with Crippen molar-refractivity contribution in [1.29, 1.82) is 0 Å². The molecule has 0 saturated carbocycles. The minimum absolute atomic E-state index is 0. The van der Waals surface area contributed by atoms with Crippen molar-refractivity contribution in [2.45, 2.75) is 32.3 Å². The summed E-state index contributed by atoms with van der Waals surface area (Å²) in [6.07, 6.45) is 4.61. The third-order valence-corrected chi connectivity index (χ3v) is 5.75. The highest BCUT2D eigenvalue weighted by molar-refractivity contribution is 14.0. The molecule has 2 aliphatic rings. The van der Waals surface area contributed by atoms with Gasteiger partial charge in [-0.2, -0.15) is 0 Å². The number of fused-ring (bicyclic) bond motifs is 1. The Balaban J connectivity index is 0.00000256. The highest BCUT2D eigenvalue weighted by atomic mass is 127. The van der Waals surface area contributed by atoms with Gasteiger partial charge in [-0.05, 0) is 37.8 Å². The number of amides is 1. The lowest BCUT2D eigenvalue weighted by atomic mass is 10.1. The van der Waals surface area contributed by atoms with E-state index in [1.165, 1.54) is 16.5 Å². The van der Waals surface area contributed by atoms with Gasteiger partial charge in [-0.15, -0.1) is 24.0 Å². The van der Waals surface area contributed by atoms with Crippen molar-refractivity contribution in [3.05, 3.63) is 36.0 Å². The fourth-order valence-corrected chi connectivity index (χ4v) is 4.16. The zero-order valence-corrected chi connectivity index (χ0v) is 19.9. The topological polar surface area (TPSA) is 73.0 Å². The van der Waals surface area contributed by atoms with Crippen LogP contribution in [-0.2, 0) is 16.0 Å². The summed E-state index contributed by atoms with van der Waals surface area (Å²) < 4.78 is 5.56. The number of halogens is 1. The van der Waals surface area contributed by atoms with Gasteiger partial charge in [-0.25, -0.2) is 0 Å². The van der Waals surface area contributed by atoms with Crippen molar-refractivity contribution >= 4 is 46.7 Å². The second-order valence-electron chi connectivity index (χ2n) is 7.66. The third-order valence-electron chi connectivity index (χ3n) is 5.75. The second-order valence-corrected chi connectivity index (χ2v) is 7.66. The molecule has 0 spiro atoms. The van der Waals surface area contributed by atoms with Gasteiger partial charge in [-0.1, -0.05) is 18.2 Å². The summed E-state index contributed by atoms with van der Waals surface area (Å²) in [7, 11) is 0. The first-order valence-electron chi connectivity index (χ1n) is 10.7. The Hall–Kier alpha value is -1.81. The molecular formula is C22H32IN5O2. The molecule has 3 heterocycles. The zero-order chi connectivity index (χ0) is 20.1. The average molecular weight is 525 g/mol. The van der Waals surface area contributed by atoms with Crippen LogP contribution in [0.4, 0.5) is 0 Å². The van der Waals surface area contributed by atoms with Crippen LogP contribution >= 0.6 is 24.0 Å². The summed E-state index contributed by atoms with van der Waals surface area (Å²) in [5, 5.41) is 4.68. The number of H-pyrrole nitrogens is 1. The van der Waals surface area contributed by atoms with E-state index < -0.39 is 0 Å². The summed E-state index contributed by atoms with van der Waals surface area (Å²) in [6.45, 7) is 7.43. The lowest BCUT2D eigenvalue weighted by Gasteiger charge is -2.37. The molecule has 1 amide bonds. The fourth-order valence-electron chi connectivity index (χ4n) is 4.16. The number of carbonyl (C=O) groups is 1. The molecule has 2 aliphatic heterocycles. The normalized spacial score (nSPS) is 19.8. The number of aliphatic imine (C=N–C) groups is 1. The number of aromatic nitrogens is 1. The molecule has 164 valence electrons. The van der Waals surface area contributed by atoms with Gasteiger partial charge in [0, 0.05) is 63.0 Å².